The molecular formula is C14H21ClN2. The molecule has 94 valence electrons. The van der Waals surface area contributed by atoms with Gasteiger partial charge in [-0.2, -0.15) is 0 Å². The van der Waals surface area contributed by atoms with E-state index in [4.69, 9.17) is 17.3 Å². The molecule has 2 nitrogen and oxygen atoms in total. The summed E-state index contributed by atoms with van der Waals surface area (Å²) in [7, 11) is 0. The number of rotatable bonds is 3. The van der Waals surface area contributed by atoms with Crippen LogP contribution in [0.4, 0.5) is 0 Å². The Labute approximate surface area is 109 Å². The Morgan fingerprint density at radius 1 is 1.24 bits per heavy atom. The molecule has 3 heteroatoms. The summed E-state index contributed by atoms with van der Waals surface area (Å²) in [4.78, 5) is 0. The van der Waals surface area contributed by atoms with E-state index in [0.29, 0.717) is 18.1 Å². The molecule has 3 N–H and O–H groups in total. The summed E-state index contributed by atoms with van der Waals surface area (Å²) < 4.78 is 0. The smallest absolute Gasteiger partial charge is 0.0453 e. The van der Waals surface area contributed by atoms with Gasteiger partial charge in [0.15, 0.2) is 0 Å². The molecule has 1 fully saturated rings. The summed E-state index contributed by atoms with van der Waals surface area (Å²) in [6.07, 6.45) is 4.62. The standard InChI is InChI=1S/C14H21ClN2/c1-10(13-4-2-3-5-14(13)15)17-12-8-6-11(16)7-9-12/h2-5,10-12,17H,6-9,16H2,1H3. The highest BCUT2D eigenvalue weighted by Gasteiger charge is 2.20. The van der Waals surface area contributed by atoms with E-state index in [1.165, 1.54) is 18.4 Å². The second-order valence-electron chi connectivity index (χ2n) is 5.02. The molecule has 0 aliphatic heterocycles. The molecular weight excluding hydrogens is 232 g/mol. The minimum atomic E-state index is 0.308. The minimum Gasteiger partial charge on any atom is -0.328 e. The summed E-state index contributed by atoms with van der Waals surface area (Å²) in [5.41, 5.74) is 7.10. The van der Waals surface area contributed by atoms with Crippen LogP contribution in [0.15, 0.2) is 24.3 Å². The van der Waals surface area contributed by atoms with E-state index in [9.17, 15) is 0 Å². The van der Waals surface area contributed by atoms with Crippen LogP contribution in [-0.4, -0.2) is 12.1 Å². The van der Waals surface area contributed by atoms with Crippen molar-refractivity contribution in [3.63, 3.8) is 0 Å². The van der Waals surface area contributed by atoms with Gasteiger partial charge in [0.2, 0.25) is 0 Å². The van der Waals surface area contributed by atoms with Gasteiger partial charge in [-0.15, -0.1) is 0 Å². The lowest BCUT2D eigenvalue weighted by molar-refractivity contribution is 0.322. The largest absolute Gasteiger partial charge is 0.328 e. The van der Waals surface area contributed by atoms with E-state index >= 15 is 0 Å². The lowest BCUT2D eigenvalue weighted by atomic mass is 9.91. The summed E-state index contributed by atoms with van der Waals surface area (Å²) in [6.45, 7) is 2.18. The third kappa shape index (κ3) is 3.44. The van der Waals surface area contributed by atoms with Gasteiger partial charge in [-0.1, -0.05) is 29.8 Å². The number of hydrogen-bond donors (Lipinski definition) is 2. The van der Waals surface area contributed by atoms with Gasteiger partial charge < -0.3 is 11.1 Å². The average Bonchev–Trinajstić information content (AvgIpc) is 2.32. The lowest BCUT2D eigenvalue weighted by Crippen LogP contribution is -2.38. The topological polar surface area (TPSA) is 38.0 Å². The van der Waals surface area contributed by atoms with Crippen molar-refractivity contribution in [2.24, 2.45) is 5.73 Å². The van der Waals surface area contributed by atoms with Crippen molar-refractivity contribution >= 4 is 11.6 Å². The molecule has 0 saturated heterocycles. The van der Waals surface area contributed by atoms with Crippen LogP contribution < -0.4 is 11.1 Å². The van der Waals surface area contributed by atoms with E-state index in [-0.39, 0.29) is 0 Å². The second-order valence-corrected chi connectivity index (χ2v) is 5.43. The minimum absolute atomic E-state index is 0.308. The number of halogens is 1. The third-order valence-electron chi connectivity index (χ3n) is 3.63. The Balaban J connectivity index is 1.93. The van der Waals surface area contributed by atoms with Gasteiger partial charge in [0.25, 0.3) is 0 Å². The van der Waals surface area contributed by atoms with Gasteiger partial charge in [0.1, 0.15) is 0 Å². The second kappa shape index (κ2) is 5.85. The van der Waals surface area contributed by atoms with E-state index in [1.54, 1.807) is 0 Å². The van der Waals surface area contributed by atoms with Crippen LogP contribution >= 0.6 is 11.6 Å². The van der Waals surface area contributed by atoms with Crippen molar-refractivity contribution in [1.29, 1.82) is 0 Å². The van der Waals surface area contributed by atoms with Crippen LogP contribution in [0.25, 0.3) is 0 Å². The predicted octanol–water partition coefficient (Wildman–Crippen LogP) is 3.26. The maximum absolute atomic E-state index is 6.20. The van der Waals surface area contributed by atoms with Gasteiger partial charge in [0, 0.05) is 23.1 Å². The van der Waals surface area contributed by atoms with E-state index in [2.05, 4.69) is 18.3 Å². The quantitative estimate of drug-likeness (QED) is 0.867. The first kappa shape index (κ1) is 12.9. The molecule has 0 heterocycles. The number of nitrogens with two attached hydrogens (primary N) is 1. The first-order valence-electron chi connectivity index (χ1n) is 6.43. The number of hydrogen-bond acceptors (Lipinski definition) is 2. The van der Waals surface area contributed by atoms with Crippen LogP contribution in [0.3, 0.4) is 0 Å². The van der Waals surface area contributed by atoms with Crippen molar-refractivity contribution in [2.75, 3.05) is 0 Å². The van der Waals surface area contributed by atoms with E-state index in [1.807, 2.05) is 18.2 Å². The van der Waals surface area contributed by atoms with Crippen molar-refractivity contribution in [2.45, 2.75) is 50.7 Å². The molecule has 1 unspecified atom stereocenters. The molecule has 0 radical (unpaired) electrons. The monoisotopic (exact) mass is 252 g/mol. The van der Waals surface area contributed by atoms with Crippen LogP contribution in [0.2, 0.25) is 5.02 Å². The summed E-state index contributed by atoms with van der Waals surface area (Å²) in [5, 5.41) is 4.50. The van der Waals surface area contributed by atoms with Crippen LogP contribution in [-0.2, 0) is 0 Å². The normalized spacial score (nSPS) is 26.8. The zero-order valence-corrected chi connectivity index (χ0v) is 11.1. The Hall–Kier alpha value is -0.570. The molecule has 1 aromatic carbocycles. The Morgan fingerprint density at radius 2 is 1.88 bits per heavy atom. The SMILES string of the molecule is CC(NC1CCC(N)CC1)c1ccccc1Cl. The third-order valence-corrected chi connectivity index (χ3v) is 3.97. The molecule has 1 aliphatic carbocycles. The van der Waals surface area contributed by atoms with Gasteiger partial charge in [-0.05, 0) is 44.2 Å². The van der Waals surface area contributed by atoms with Gasteiger partial charge >= 0.3 is 0 Å². The van der Waals surface area contributed by atoms with Crippen molar-refractivity contribution in [3.05, 3.63) is 34.9 Å². The first-order chi connectivity index (χ1) is 8.16. The first-order valence-corrected chi connectivity index (χ1v) is 6.80. The summed E-state index contributed by atoms with van der Waals surface area (Å²) in [5.74, 6) is 0. The van der Waals surface area contributed by atoms with Crippen molar-refractivity contribution in [3.8, 4) is 0 Å². The fourth-order valence-electron chi connectivity index (χ4n) is 2.56. The Morgan fingerprint density at radius 3 is 2.53 bits per heavy atom. The molecule has 1 atom stereocenters. The van der Waals surface area contributed by atoms with Gasteiger partial charge in [-0.25, -0.2) is 0 Å². The molecule has 0 amide bonds. The highest BCUT2D eigenvalue weighted by Crippen LogP contribution is 2.25. The van der Waals surface area contributed by atoms with Gasteiger partial charge in [0.05, 0.1) is 0 Å². The van der Waals surface area contributed by atoms with E-state index < -0.39 is 0 Å². The average molecular weight is 253 g/mol. The summed E-state index contributed by atoms with van der Waals surface area (Å²) >= 11 is 6.20. The fourth-order valence-corrected chi connectivity index (χ4v) is 2.85. The van der Waals surface area contributed by atoms with Gasteiger partial charge in [-0.3, -0.25) is 0 Å². The maximum atomic E-state index is 6.20. The van der Waals surface area contributed by atoms with Crippen molar-refractivity contribution in [1.82, 2.24) is 5.32 Å². The van der Waals surface area contributed by atoms with Crippen LogP contribution in [0.1, 0.15) is 44.2 Å². The molecule has 1 aliphatic rings. The van der Waals surface area contributed by atoms with Crippen molar-refractivity contribution < 1.29 is 0 Å². The zero-order chi connectivity index (χ0) is 12.3. The Kier molecular flexibility index (Phi) is 4.43. The van der Waals surface area contributed by atoms with Crippen LogP contribution in [0, 0.1) is 0 Å². The molecule has 2 rings (SSSR count). The molecule has 1 aromatic rings. The molecule has 0 aromatic heterocycles. The van der Waals surface area contributed by atoms with E-state index in [0.717, 1.165) is 17.9 Å². The number of benzene rings is 1. The molecule has 0 bridgehead atoms. The molecule has 1 saturated carbocycles. The maximum Gasteiger partial charge on any atom is 0.0453 e. The fraction of sp³-hybridized carbons (Fsp3) is 0.571. The van der Waals surface area contributed by atoms with Crippen LogP contribution in [0.5, 0.6) is 0 Å². The molecule has 17 heavy (non-hydrogen) atoms. The highest BCUT2D eigenvalue weighted by atomic mass is 35.5. The summed E-state index contributed by atoms with van der Waals surface area (Å²) in [6, 6.07) is 9.35. The number of nitrogens with one attached hydrogen (secondary N) is 1. The molecule has 0 spiro atoms. The highest BCUT2D eigenvalue weighted by molar-refractivity contribution is 6.31. The lowest BCUT2D eigenvalue weighted by Gasteiger charge is -2.30. The zero-order valence-electron chi connectivity index (χ0n) is 10.3. The predicted molar refractivity (Wildman–Crippen MR) is 73.2 cm³/mol. The Bertz CT molecular complexity index is 359.